The number of nitrogens with one attached hydrogen (secondary N) is 2. The Morgan fingerprint density at radius 3 is 2.33 bits per heavy atom. The molecule has 1 fully saturated rings. The van der Waals surface area contributed by atoms with Gasteiger partial charge in [0, 0.05) is 36.1 Å². The molecular weight excluding hydrogens is 645 g/mol. The van der Waals surface area contributed by atoms with E-state index in [1.165, 1.54) is 18.2 Å². The second-order valence-corrected chi connectivity index (χ2v) is 10.8. The number of amides is 2. The molecule has 1 heterocycles. The Morgan fingerprint density at radius 2 is 1.68 bits per heavy atom. The number of carbonyl (C=O) groups is 3. The predicted molar refractivity (Wildman–Crippen MR) is 165 cm³/mol. The van der Waals surface area contributed by atoms with Gasteiger partial charge in [-0.1, -0.05) is 48.0 Å². The van der Waals surface area contributed by atoms with E-state index in [1.807, 2.05) is 48.5 Å². The molecule has 4 rings (SSSR count). The number of benzene rings is 3. The van der Waals surface area contributed by atoms with Crippen LogP contribution in [0.5, 0.6) is 0 Å². The summed E-state index contributed by atoms with van der Waals surface area (Å²) in [6.45, 7) is 1.93. The fraction of sp³-hybridized carbons (Fsp3) is 0.300. The Balaban J connectivity index is 0.00000441. The van der Waals surface area contributed by atoms with Gasteiger partial charge in [0.1, 0.15) is 6.10 Å². The first kappa shape index (κ1) is 31.4. The largest absolute Gasteiger partial charge is 0.545 e. The highest BCUT2D eigenvalue weighted by Crippen LogP contribution is 2.30. The van der Waals surface area contributed by atoms with Gasteiger partial charge in [-0.2, -0.15) is 0 Å². The zero-order valence-electron chi connectivity index (χ0n) is 22.4. The van der Waals surface area contributed by atoms with Crippen LogP contribution in [0, 0.1) is 0 Å². The maximum atomic E-state index is 12.7. The van der Waals surface area contributed by atoms with E-state index >= 15 is 0 Å². The molecule has 0 aliphatic carbocycles. The Morgan fingerprint density at radius 1 is 0.975 bits per heavy atom. The lowest BCUT2D eigenvalue weighted by Gasteiger charge is -2.36. The Kier molecular flexibility index (Phi) is 11.0. The van der Waals surface area contributed by atoms with Crippen molar-refractivity contribution in [3.63, 3.8) is 0 Å². The zero-order chi connectivity index (χ0) is 28.0. The van der Waals surface area contributed by atoms with Crippen LogP contribution >= 0.6 is 35.6 Å². The maximum Gasteiger partial charge on any atom is 0.411 e. The number of hydrogen-bond acceptors (Lipinski definition) is 5. The molecule has 40 heavy (non-hydrogen) atoms. The van der Waals surface area contributed by atoms with Gasteiger partial charge in [-0.25, -0.2) is 4.79 Å². The van der Waals surface area contributed by atoms with Crippen LogP contribution in [0.3, 0.4) is 0 Å². The average molecular weight is 678 g/mol. The number of aromatic carboxylic acids is 1. The molecule has 10 heteroatoms. The number of piperidine rings is 1. The highest BCUT2D eigenvalue weighted by molar-refractivity contribution is 14.0. The minimum absolute atomic E-state index is 0. The zero-order valence-corrected chi connectivity index (χ0v) is 25.5. The van der Waals surface area contributed by atoms with Crippen LogP contribution in [-0.4, -0.2) is 55.7 Å². The number of halogens is 2. The first-order chi connectivity index (χ1) is 18.6. The fourth-order valence-corrected chi connectivity index (χ4v) is 4.86. The third-order valence-electron chi connectivity index (χ3n) is 6.91. The highest BCUT2D eigenvalue weighted by Gasteiger charge is 2.28. The molecule has 1 aliphatic rings. The number of quaternary nitrogens is 1. The number of nitrogens with zero attached hydrogens (tertiary/aromatic N) is 1. The molecule has 8 nitrogen and oxygen atoms in total. The third kappa shape index (κ3) is 8.67. The molecule has 0 aromatic heterocycles. The van der Waals surface area contributed by atoms with Gasteiger partial charge in [0.15, 0.2) is 0 Å². The minimum atomic E-state index is -1.38. The third-order valence-corrected chi connectivity index (χ3v) is 7.22. The Bertz CT molecular complexity index is 1360. The number of hydrogen-bond donors (Lipinski definition) is 2. The van der Waals surface area contributed by atoms with Gasteiger partial charge >= 0.3 is 6.09 Å². The average Bonchev–Trinajstić information content (AvgIpc) is 2.89. The lowest BCUT2D eigenvalue weighted by molar-refractivity contribution is -0.896. The first-order valence-electron chi connectivity index (χ1n) is 12.9. The summed E-state index contributed by atoms with van der Waals surface area (Å²) >= 11 is 5.96. The van der Waals surface area contributed by atoms with Crippen LogP contribution in [0.1, 0.15) is 35.2 Å². The standard InChI is InChI=1S/C30H32ClN3O5.HI/c1-34(2)16-14-23(15-17-34)39-30(38)33-27-12-8-20(18-25(27)21-6-4-3-5-7-21)9-13-28(35)32-22-10-11-24(29(36)37)26(31)19-22;/h3-8,10-12,18-19,23H,9,13-17H2,1-2H3,(H2-,32,33,35,36,37,38);1H. The molecule has 2 amide bonds. The number of ether oxygens (including phenoxy) is 1. The summed E-state index contributed by atoms with van der Waals surface area (Å²) in [5.74, 6) is -1.62. The summed E-state index contributed by atoms with van der Waals surface area (Å²) in [7, 11) is 4.36. The molecule has 0 unspecified atom stereocenters. The van der Waals surface area contributed by atoms with Gasteiger partial charge in [-0.05, 0) is 47.9 Å². The molecular formula is C30H33ClIN3O5. The summed E-state index contributed by atoms with van der Waals surface area (Å²) < 4.78 is 6.65. The van der Waals surface area contributed by atoms with Gasteiger partial charge in [-0.3, -0.25) is 10.1 Å². The second-order valence-electron chi connectivity index (χ2n) is 10.4. The highest BCUT2D eigenvalue weighted by atomic mass is 127. The van der Waals surface area contributed by atoms with Crippen molar-refractivity contribution in [1.82, 2.24) is 0 Å². The van der Waals surface area contributed by atoms with E-state index in [-0.39, 0.29) is 53.0 Å². The summed E-state index contributed by atoms with van der Waals surface area (Å²) in [5.41, 5.74) is 3.57. The summed E-state index contributed by atoms with van der Waals surface area (Å²) in [5, 5.41) is 16.7. The van der Waals surface area contributed by atoms with Gasteiger partial charge in [-0.15, -0.1) is 24.0 Å². The number of carboxylic acid groups (broad SMARTS) is 1. The number of carbonyl (C=O) groups excluding carboxylic acids is 3. The normalized spacial score (nSPS) is 14.5. The van der Waals surface area contributed by atoms with Crippen LogP contribution < -0.4 is 15.7 Å². The smallest absolute Gasteiger partial charge is 0.411 e. The number of anilines is 2. The molecule has 0 bridgehead atoms. The number of aryl methyl sites for hydroxylation is 1. The van der Waals surface area contributed by atoms with Crippen LogP contribution in [0.15, 0.2) is 66.7 Å². The van der Waals surface area contributed by atoms with E-state index < -0.39 is 12.1 Å². The monoisotopic (exact) mass is 677 g/mol. The minimum Gasteiger partial charge on any atom is -0.545 e. The van der Waals surface area contributed by atoms with Crippen LogP contribution in [0.2, 0.25) is 5.02 Å². The molecule has 3 aromatic rings. The van der Waals surface area contributed by atoms with Crippen molar-refractivity contribution in [2.24, 2.45) is 0 Å². The van der Waals surface area contributed by atoms with Crippen LogP contribution in [0.25, 0.3) is 11.1 Å². The van der Waals surface area contributed by atoms with Crippen LogP contribution in [0.4, 0.5) is 16.2 Å². The number of carboxylic acids is 1. The van der Waals surface area contributed by atoms with Gasteiger partial charge in [0.25, 0.3) is 0 Å². The van der Waals surface area contributed by atoms with E-state index in [0.717, 1.165) is 47.1 Å². The van der Waals surface area contributed by atoms with Crippen molar-refractivity contribution in [2.45, 2.75) is 31.8 Å². The van der Waals surface area contributed by atoms with Crippen molar-refractivity contribution in [3.05, 3.63) is 82.9 Å². The van der Waals surface area contributed by atoms with E-state index in [2.05, 4.69) is 24.7 Å². The van der Waals surface area contributed by atoms with Gasteiger partial charge in [0.05, 0.1) is 43.9 Å². The quantitative estimate of drug-likeness (QED) is 0.247. The maximum absolute atomic E-state index is 12.7. The topological polar surface area (TPSA) is 108 Å². The molecule has 0 spiro atoms. The number of rotatable bonds is 8. The predicted octanol–water partition coefficient (Wildman–Crippen LogP) is 5.35. The van der Waals surface area contributed by atoms with E-state index in [4.69, 9.17) is 16.3 Å². The molecule has 3 aromatic carbocycles. The summed E-state index contributed by atoms with van der Waals surface area (Å²) in [6, 6.07) is 19.5. The Labute approximate surface area is 256 Å². The van der Waals surface area contributed by atoms with Crippen molar-refractivity contribution < 1.29 is 28.7 Å². The van der Waals surface area contributed by atoms with E-state index in [1.54, 1.807) is 0 Å². The van der Waals surface area contributed by atoms with E-state index in [9.17, 15) is 19.5 Å². The van der Waals surface area contributed by atoms with Gasteiger partial charge in [0.2, 0.25) is 5.91 Å². The van der Waals surface area contributed by atoms with Crippen molar-refractivity contribution >= 4 is 64.9 Å². The van der Waals surface area contributed by atoms with Gasteiger partial charge < -0.3 is 24.4 Å². The van der Waals surface area contributed by atoms with Crippen molar-refractivity contribution in [3.8, 4) is 11.1 Å². The van der Waals surface area contributed by atoms with Crippen molar-refractivity contribution in [2.75, 3.05) is 37.8 Å². The first-order valence-corrected chi connectivity index (χ1v) is 13.3. The summed E-state index contributed by atoms with van der Waals surface area (Å²) in [6.07, 6.45) is 1.75. The molecule has 0 saturated carbocycles. The second kappa shape index (κ2) is 14.0. The molecule has 1 saturated heterocycles. The number of likely N-dealkylation sites (tertiary alicyclic amines) is 1. The molecule has 2 N–H and O–H groups in total. The lowest BCUT2D eigenvalue weighted by Crippen LogP contribution is -2.48. The lowest BCUT2D eigenvalue weighted by atomic mass is 9.99. The molecule has 0 radical (unpaired) electrons. The van der Waals surface area contributed by atoms with Crippen LogP contribution in [-0.2, 0) is 16.0 Å². The fourth-order valence-electron chi connectivity index (χ4n) is 4.60. The van der Waals surface area contributed by atoms with Crippen molar-refractivity contribution in [1.29, 1.82) is 0 Å². The Hall–Kier alpha value is -3.15. The molecule has 1 aliphatic heterocycles. The summed E-state index contributed by atoms with van der Waals surface area (Å²) in [4.78, 5) is 36.3. The molecule has 212 valence electrons. The SMILES string of the molecule is C[N+]1(C)CCC(OC(=O)Nc2ccc(CCC(=O)Nc3ccc(C(=O)[O-])c(Cl)c3)cc2-c2ccccc2)CC1.I. The molecule has 0 atom stereocenters. The van der Waals surface area contributed by atoms with E-state index in [0.29, 0.717) is 17.8 Å².